The van der Waals surface area contributed by atoms with Gasteiger partial charge in [-0.15, -0.1) is 0 Å². The molecule has 3 rings (SSSR count). The van der Waals surface area contributed by atoms with Crippen molar-refractivity contribution in [3.05, 3.63) is 57.0 Å². The molecule has 0 aromatic carbocycles. The molecule has 3 heterocycles. The SMILES string of the molecule is CN(C(=O)c1cc(=O)[nH]c(=O)[nH]1)[C@@H]1CCCN(c2ccccn2)C1. The van der Waals surface area contributed by atoms with Gasteiger partial charge in [0.25, 0.3) is 11.5 Å². The van der Waals surface area contributed by atoms with E-state index in [-0.39, 0.29) is 17.6 Å². The fourth-order valence-electron chi connectivity index (χ4n) is 2.96. The Hall–Kier alpha value is -2.90. The molecule has 1 saturated heterocycles. The first-order valence-corrected chi connectivity index (χ1v) is 7.81. The van der Waals surface area contributed by atoms with Crippen LogP contribution in [-0.4, -0.2) is 51.9 Å². The highest BCUT2D eigenvalue weighted by Crippen LogP contribution is 2.20. The third-order valence-corrected chi connectivity index (χ3v) is 4.23. The minimum atomic E-state index is -0.682. The summed E-state index contributed by atoms with van der Waals surface area (Å²) in [6.45, 7) is 1.55. The maximum atomic E-state index is 12.6. The van der Waals surface area contributed by atoms with E-state index in [1.807, 2.05) is 18.2 Å². The lowest BCUT2D eigenvalue weighted by Crippen LogP contribution is -2.49. The Balaban J connectivity index is 1.76. The van der Waals surface area contributed by atoms with Crippen LogP contribution in [-0.2, 0) is 0 Å². The number of carbonyl (C=O) groups excluding carboxylic acids is 1. The van der Waals surface area contributed by atoms with Crippen molar-refractivity contribution in [1.82, 2.24) is 19.9 Å². The van der Waals surface area contributed by atoms with Crippen molar-refractivity contribution in [2.24, 2.45) is 0 Å². The zero-order valence-electron chi connectivity index (χ0n) is 13.4. The van der Waals surface area contributed by atoms with Crippen LogP contribution in [0.1, 0.15) is 23.3 Å². The smallest absolute Gasteiger partial charge is 0.326 e. The average Bonchev–Trinajstić information content (AvgIpc) is 2.60. The molecule has 1 aliphatic heterocycles. The summed E-state index contributed by atoms with van der Waals surface area (Å²) in [7, 11) is 1.69. The number of aromatic nitrogens is 3. The van der Waals surface area contributed by atoms with E-state index in [1.165, 1.54) is 0 Å². The van der Waals surface area contributed by atoms with Crippen LogP contribution in [0.4, 0.5) is 5.82 Å². The fraction of sp³-hybridized carbons (Fsp3) is 0.375. The molecule has 2 aromatic rings. The van der Waals surface area contributed by atoms with Gasteiger partial charge in [0.15, 0.2) is 0 Å². The van der Waals surface area contributed by atoms with Crippen molar-refractivity contribution in [2.45, 2.75) is 18.9 Å². The Bertz CT molecular complexity index is 801. The molecule has 8 heteroatoms. The molecule has 2 N–H and O–H groups in total. The second kappa shape index (κ2) is 6.69. The van der Waals surface area contributed by atoms with Crippen molar-refractivity contribution >= 4 is 11.7 Å². The third-order valence-electron chi connectivity index (χ3n) is 4.23. The maximum Gasteiger partial charge on any atom is 0.326 e. The molecular formula is C16H19N5O3. The minimum absolute atomic E-state index is 0.00112. The summed E-state index contributed by atoms with van der Waals surface area (Å²) in [5.41, 5.74) is -1.27. The zero-order valence-corrected chi connectivity index (χ0v) is 13.4. The minimum Gasteiger partial charge on any atom is -0.355 e. The van der Waals surface area contributed by atoms with Crippen LogP contribution in [0.5, 0.6) is 0 Å². The second-order valence-corrected chi connectivity index (χ2v) is 5.85. The number of hydrogen-bond acceptors (Lipinski definition) is 5. The molecular weight excluding hydrogens is 310 g/mol. The highest BCUT2D eigenvalue weighted by molar-refractivity contribution is 5.92. The first-order chi connectivity index (χ1) is 11.5. The molecule has 1 aliphatic rings. The van der Waals surface area contributed by atoms with Gasteiger partial charge in [0, 0.05) is 38.4 Å². The lowest BCUT2D eigenvalue weighted by molar-refractivity contribution is 0.0710. The summed E-state index contributed by atoms with van der Waals surface area (Å²) in [6.07, 6.45) is 3.54. The van der Waals surface area contributed by atoms with Gasteiger partial charge in [-0.25, -0.2) is 9.78 Å². The lowest BCUT2D eigenvalue weighted by Gasteiger charge is -2.38. The Morgan fingerprint density at radius 3 is 2.88 bits per heavy atom. The number of amides is 1. The summed E-state index contributed by atoms with van der Waals surface area (Å²) in [5, 5.41) is 0. The van der Waals surface area contributed by atoms with Gasteiger partial charge in [-0.1, -0.05) is 6.07 Å². The number of H-pyrrole nitrogens is 2. The van der Waals surface area contributed by atoms with Crippen LogP contribution < -0.4 is 16.1 Å². The molecule has 0 unspecified atom stereocenters. The van der Waals surface area contributed by atoms with Crippen LogP contribution in [0.15, 0.2) is 40.1 Å². The summed E-state index contributed by atoms with van der Waals surface area (Å²) < 4.78 is 0. The Kier molecular flexibility index (Phi) is 4.45. The van der Waals surface area contributed by atoms with Gasteiger partial charge in [-0.05, 0) is 25.0 Å². The molecule has 1 atom stereocenters. The van der Waals surface area contributed by atoms with Gasteiger partial charge in [0.05, 0.1) is 0 Å². The van der Waals surface area contributed by atoms with Gasteiger partial charge in [0.1, 0.15) is 11.5 Å². The predicted molar refractivity (Wildman–Crippen MR) is 89.2 cm³/mol. The molecule has 2 aromatic heterocycles. The van der Waals surface area contributed by atoms with Gasteiger partial charge < -0.3 is 14.8 Å². The van der Waals surface area contributed by atoms with Crippen molar-refractivity contribution < 1.29 is 4.79 Å². The number of likely N-dealkylation sites (N-methyl/N-ethyl adjacent to an activating group) is 1. The number of piperidine rings is 1. The van der Waals surface area contributed by atoms with Crippen LogP contribution in [0.25, 0.3) is 0 Å². The van der Waals surface area contributed by atoms with E-state index in [2.05, 4.69) is 19.9 Å². The summed E-state index contributed by atoms with van der Waals surface area (Å²) in [5.74, 6) is 0.513. The quantitative estimate of drug-likeness (QED) is 0.837. The summed E-state index contributed by atoms with van der Waals surface area (Å²) >= 11 is 0. The Labute approximate surface area is 138 Å². The van der Waals surface area contributed by atoms with Crippen molar-refractivity contribution in [1.29, 1.82) is 0 Å². The number of aromatic amines is 2. The van der Waals surface area contributed by atoms with Crippen LogP contribution >= 0.6 is 0 Å². The molecule has 126 valence electrons. The number of nitrogens with one attached hydrogen (secondary N) is 2. The van der Waals surface area contributed by atoms with Crippen molar-refractivity contribution in [3.63, 3.8) is 0 Å². The van der Waals surface area contributed by atoms with Gasteiger partial charge in [0.2, 0.25) is 0 Å². The van der Waals surface area contributed by atoms with E-state index in [9.17, 15) is 14.4 Å². The number of anilines is 1. The van der Waals surface area contributed by atoms with E-state index in [4.69, 9.17) is 0 Å². The standard InChI is InChI=1S/C16H19N5O3/c1-20(15(23)12-9-14(22)19-16(24)18-12)11-5-4-8-21(10-11)13-6-2-3-7-17-13/h2-3,6-7,9,11H,4-5,8,10H2,1H3,(H2,18,19,22,24)/t11-/m1/s1. The zero-order chi connectivity index (χ0) is 17.1. The Morgan fingerprint density at radius 2 is 2.17 bits per heavy atom. The maximum absolute atomic E-state index is 12.6. The van der Waals surface area contributed by atoms with E-state index in [0.29, 0.717) is 6.54 Å². The number of rotatable bonds is 3. The largest absolute Gasteiger partial charge is 0.355 e. The number of nitrogens with zero attached hydrogens (tertiary/aromatic N) is 3. The fourth-order valence-corrected chi connectivity index (χ4v) is 2.96. The summed E-state index contributed by atoms with van der Waals surface area (Å²) in [4.78, 5) is 47.8. The molecule has 0 radical (unpaired) electrons. The van der Waals surface area contributed by atoms with E-state index < -0.39 is 11.2 Å². The highest BCUT2D eigenvalue weighted by Gasteiger charge is 2.27. The highest BCUT2D eigenvalue weighted by atomic mass is 16.2. The van der Waals surface area contributed by atoms with Crippen molar-refractivity contribution in [2.75, 3.05) is 25.0 Å². The van der Waals surface area contributed by atoms with Crippen molar-refractivity contribution in [3.8, 4) is 0 Å². The van der Waals surface area contributed by atoms with E-state index in [0.717, 1.165) is 31.3 Å². The van der Waals surface area contributed by atoms with Gasteiger partial charge >= 0.3 is 5.69 Å². The number of pyridine rings is 1. The first kappa shape index (κ1) is 16.0. The monoisotopic (exact) mass is 329 g/mol. The summed E-state index contributed by atoms with van der Waals surface area (Å²) in [6, 6.07) is 6.83. The molecule has 0 bridgehead atoms. The molecule has 0 saturated carbocycles. The van der Waals surface area contributed by atoms with Crippen LogP contribution in [0.3, 0.4) is 0 Å². The number of carbonyl (C=O) groups is 1. The van der Waals surface area contributed by atoms with Gasteiger partial charge in [-0.3, -0.25) is 14.6 Å². The first-order valence-electron chi connectivity index (χ1n) is 7.81. The molecule has 1 fully saturated rings. The molecule has 0 aliphatic carbocycles. The normalized spacial score (nSPS) is 17.5. The Morgan fingerprint density at radius 1 is 1.33 bits per heavy atom. The average molecular weight is 329 g/mol. The lowest BCUT2D eigenvalue weighted by atomic mass is 10.0. The number of hydrogen-bond donors (Lipinski definition) is 2. The molecule has 1 amide bonds. The predicted octanol–water partition coefficient (Wildman–Crippen LogP) is 0.199. The second-order valence-electron chi connectivity index (χ2n) is 5.85. The third kappa shape index (κ3) is 3.37. The topological polar surface area (TPSA) is 102 Å². The van der Waals surface area contributed by atoms with Crippen LogP contribution in [0, 0.1) is 0 Å². The molecule has 8 nitrogen and oxygen atoms in total. The molecule has 0 spiro atoms. The van der Waals surface area contributed by atoms with E-state index in [1.54, 1.807) is 18.1 Å². The van der Waals surface area contributed by atoms with E-state index >= 15 is 0 Å². The molecule has 24 heavy (non-hydrogen) atoms. The van der Waals surface area contributed by atoms with Gasteiger partial charge in [-0.2, -0.15) is 0 Å². The van der Waals surface area contributed by atoms with Crippen LogP contribution in [0.2, 0.25) is 0 Å².